The molecule has 1 aliphatic rings. The maximum absolute atomic E-state index is 5.93. The van der Waals surface area contributed by atoms with Crippen LogP contribution in [0, 0.1) is 24.2 Å². The summed E-state index contributed by atoms with van der Waals surface area (Å²) in [6, 6.07) is 0.315. The number of hydrogen-bond donors (Lipinski definition) is 1. The second-order valence-corrected chi connectivity index (χ2v) is 4.35. The molecule has 3 unspecified atom stereocenters. The van der Waals surface area contributed by atoms with Gasteiger partial charge in [0.05, 0.1) is 0 Å². The molecule has 2 N–H and O–H groups in total. The zero-order valence-corrected chi connectivity index (χ0v) is 7.22. The van der Waals surface area contributed by atoms with E-state index in [4.69, 9.17) is 5.73 Å². The van der Waals surface area contributed by atoms with Crippen molar-refractivity contribution in [2.45, 2.75) is 33.2 Å². The zero-order valence-electron chi connectivity index (χ0n) is 7.22. The molecule has 0 aromatic rings. The van der Waals surface area contributed by atoms with E-state index in [1.807, 2.05) is 0 Å². The first-order chi connectivity index (χ1) is 4.45. The van der Waals surface area contributed by atoms with E-state index in [0.29, 0.717) is 23.3 Å². The van der Waals surface area contributed by atoms with Crippen LogP contribution in [0.15, 0.2) is 0 Å². The summed E-state index contributed by atoms with van der Waals surface area (Å²) >= 11 is 0. The van der Waals surface area contributed by atoms with E-state index in [0.717, 1.165) is 0 Å². The van der Waals surface area contributed by atoms with Gasteiger partial charge in [0.2, 0.25) is 0 Å². The summed E-state index contributed by atoms with van der Waals surface area (Å²) in [6.07, 6.45) is 1.22. The van der Waals surface area contributed by atoms with Gasteiger partial charge in [0.15, 0.2) is 0 Å². The summed E-state index contributed by atoms with van der Waals surface area (Å²) < 4.78 is 0. The van der Waals surface area contributed by atoms with Gasteiger partial charge in [-0.3, -0.25) is 0 Å². The average molecular weight is 140 g/mol. The van der Waals surface area contributed by atoms with Gasteiger partial charge >= 0.3 is 0 Å². The Hall–Kier alpha value is -0.0400. The third-order valence-electron chi connectivity index (χ3n) is 2.97. The van der Waals surface area contributed by atoms with E-state index in [2.05, 4.69) is 27.7 Å². The van der Waals surface area contributed by atoms with Crippen molar-refractivity contribution in [3.8, 4) is 0 Å². The summed E-state index contributed by atoms with van der Waals surface area (Å²) in [5, 5.41) is 0. The van der Waals surface area contributed by atoms with Gasteiger partial charge in [-0.1, -0.05) is 20.8 Å². The highest BCUT2D eigenvalue weighted by molar-refractivity contribution is 4.97. The summed E-state index contributed by atoms with van der Waals surface area (Å²) in [5.41, 5.74) is 6.29. The first-order valence-corrected chi connectivity index (χ1v) is 4.04. The van der Waals surface area contributed by atoms with Gasteiger partial charge in [-0.2, -0.15) is 0 Å². The fourth-order valence-electron chi connectivity index (χ4n) is 2.03. The van der Waals surface area contributed by atoms with E-state index < -0.39 is 0 Å². The first kappa shape index (κ1) is 8.06. The van der Waals surface area contributed by atoms with Crippen molar-refractivity contribution in [2.24, 2.45) is 23.0 Å². The summed E-state index contributed by atoms with van der Waals surface area (Å²) in [7, 11) is 0. The van der Waals surface area contributed by atoms with Crippen LogP contribution in [0.3, 0.4) is 0 Å². The van der Waals surface area contributed by atoms with E-state index >= 15 is 0 Å². The molecule has 1 heteroatoms. The van der Waals surface area contributed by atoms with Crippen LogP contribution in [-0.4, -0.2) is 6.04 Å². The zero-order chi connectivity index (χ0) is 7.94. The maximum atomic E-state index is 5.93. The standard InChI is InChI=1S/C9H18N/c1-6-5-9(3,4)7(2)8(6)10/h6-8H,2,5,10H2,1,3-4H3. The van der Waals surface area contributed by atoms with E-state index in [1.54, 1.807) is 0 Å². The molecule has 0 aromatic heterocycles. The minimum absolute atomic E-state index is 0.315. The predicted octanol–water partition coefficient (Wildman–Crippen LogP) is 1.83. The van der Waals surface area contributed by atoms with Crippen LogP contribution < -0.4 is 5.73 Å². The molecule has 0 aromatic carbocycles. The highest BCUT2D eigenvalue weighted by Gasteiger charge is 2.41. The Balaban J connectivity index is 2.71. The monoisotopic (exact) mass is 140 g/mol. The largest absolute Gasteiger partial charge is 0.327 e. The molecule has 1 rings (SSSR count). The molecule has 3 atom stereocenters. The van der Waals surface area contributed by atoms with Crippen molar-refractivity contribution in [3.63, 3.8) is 0 Å². The van der Waals surface area contributed by atoms with Crippen molar-refractivity contribution in [1.82, 2.24) is 0 Å². The lowest BCUT2D eigenvalue weighted by molar-refractivity contribution is 0.294. The van der Waals surface area contributed by atoms with Crippen LogP contribution in [0.5, 0.6) is 0 Å². The fourth-order valence-corrected chi connectivity index (χ4v) is 2.03. The van der Waals surface area contributed by atoms with Crippen molar-refractivity contribution in [2.75, 3.05) is 0 Å². The Morgan fingerprint density at radius 2 is 2.00 bits per heavy atom. The van der Waals surface area contributed by atoms with Gasteiger partial charge < -0.3 is 5.73 Å². The van der Waals surface area contributed by atoms with Crippen molar-refractivity contribution >= 4 is 0 Å². The number of nitrogens with two attached hydrogens (primary N) is 1. The van der Waals surface area contributed by atoms with Crippen LogP contribution >= 0.6 is 0 Å². The first-order valence-electron chi connectivity index (χ1n) is 4.04. The van der Waals surface area contributed by atoms with Gasteiger partial charge in [-0.15, -0.1) is 0 Å². The molecule has 0 bridgehead atoms. The molecular formula is C9H18N. The number of hydrogen-bond acceptors (Lipinski definition) is 1. The van der Waals surface area contributed by atoms with Crippen LogP contribution in [0.25, 0.3) is 0 Å². The van der Waals surface area contributed by atoms with Crippen LogP contribution in [-0.2, 0) is 0 Å². The average Bonchev–Trinajstić information content (AvgIpc) is 1.95. The minimum atomic E-state index is 0.315. The molecule has 0 saturated heterocycles. The predicted molar refractivity (Wildman–Crippen MR) is 44.4 cm³/mol. The third kappa shape index (κ3) is 1.07. The summed E-state index contributed by atoms with van der Waals surface area (Å²) in [5.74, 6) is 1.08. The molecule has 59 valence electrons. The molecule has 0 aliphatic heterocycles. The Bertz CT molecular complexity index is 129. The Morgan fingerprint density at radius 1 is 1.50 bits per heavy atom. The van der Waals surface area contributed by atoms with Crippen LogP contribution in [0.2, 0.25) is 0 Å². The molecule has 1 fully saturated rings. The van der Waals surface area contributed by atoms with E-state index in [1.165, 1.54) is 6.42 Å². The highest BCUT2D eigenvalue weighted by Crippen LogP contribution is 2.44. The van der Waals surface area contributed by atoms with Gasteiger partial charge in [-0.25, -0.2) is 0 Å². The third-order valence-corrected chi connectivity index (χ3v) is 2.97. The molecule has 10 heavy (non-hydrogen) atoms. The normalized spacial score (nSPS) is 45.9. The van der Waals surface area contributed by atoms with Crippen LogP contribution in [0.1, 0.15) is 27.2 Å². The summed E-state index contributed by atoms with van der Waals surface area (Å²) in [6.45, 7) is 10.8. The number of rotatable bonds is 0. The molecular weight excluding hydrogens is 122 g/mol. The van der Waals surface area contributed by atoms with Crippen molar-refractivity contribution < 1.29 is 0 Å². The summed E-state index contributed by atoms with van der Waals surface area (Å²) in [4.78, 5) is 0. The molecule has 1 saturated carbocycles. The Kier molecular flexibility index (Phi) is 1.80. The van der Waals surface area contributed by atoms with Gasteiger partial charge in [0, 0.05) is 6.04 Å². The lowest BCUT2D eigenvalue weighted by Crippen LogP contribution is -2.31. The second-order valence-electron chi connectivity index (χ2n) is 4.35. The van der Waals surface area contributed by atoms with Crippen LogP contribution in [0.4, 0.5) is 0 Å². The lowest BCUT2D eigenvalue weighted by Gasteiger charge is -2.24. The maximum Gasteiger partial charge on any atom is 0.00983 e. The highest BCUT2D eigenvalue weighted by atomic mass is 14.7. The van der Waals surface area contributed by atoms with Gasteiger partial charge in [-0.05, 0) is 30.6 Å². The van der Waals surface area contributed by atoms with Crippen molar-refractivity contribution in [1.29, 1.82) is 0 Å². The second kappa shape index (κ2) is 2.23. The molecule has 1 radical (unpaired) electrons. The van der Waals surface area contributed by atoms with E-state index in [9.17, 15) is 0 Å². The molecule has 1 nitrogen and oxygen atoms in total. The van der Waals surface area contributed by atoms with Gasteiger partial charge in [0.25, 0.3) is 0 Å². The smallest absolute Gasteiger partial charge is 0.00983 e. The van der Waals surface area contributed by atoms with E-state index in [-0.39, 0.29) is 0 Å². The van der Waals surface area contributed by atoms with Gasteiger partial charge in [0.1, 0.15) is 0 Å². The molecule has 0 spiro atoms. The SMILES string of the molecule is [CH2]C1C(N)C(C)CC1(C)C. The lowest BCUT2D eigenvalue weighted by atomic mass is 9.82. The Morgan fingerprint density at radius 3 is 2.10 bits per heavy atom. The molecule has 1 aliphatic carbocycles. The van der Waals surface area contributed by atoms with Crippen molar-refractivity contribution in [3.05, 3.63) is 6.92 Å². The fraction of sp³-hybridized carbons (Fsp3) is 0.889. The molecule has 0 heterocycles. The molecule has 0 amide bonds. The Labute approximate surface area is 64.0 Å². The quantitative estimate of drug-likeness (QED) is 0.546. The minimum Gasteiger partial charge on any atom is -0.327 e. The topological polar surface area (TPSA) is 26.0 Å².